The molecule has 1 radical (unpaired) electrons. The Bertz CT molecular complexity index is 200. The van der Waals surface area contributed by atoms with Crippen molar-refractivity contribution in [3.63, 3.8) is 0 Å². The SMILES string of the molecule is CC(=O)[O-].CC(=O)[O-].CC(=O)[O-].CC(=O)[O-].NCCN.O.[Fe+3].[NH4+]. The molecule has 10 N–H and O–H groups in total. The van der Waals surface area contributed by atoms with Crippen molar-refractivity contribution in [2.24, 2.45) is 11.5 Å². The maximum atomic E-state index is 8.89. The van der Waals surface area contributed by atoms with Crippen LogP contribution in [-0.2, 0) is 36.2 Å². The first-order valence-corrected chi connectivity index (χ1v) is 4.95. The van der Waals surface area contributed by atoms with E-state index in [-0.39, 0.29) is 28.7 Å². The maximum absolute atomic E-state index is 8.89. The number of hydrogen-bond donors (Lipinski definition) is 3. The first kappa shape index (κ1) is 49.6. The fraction of sp³-hybridized carbons (Fsp3) is 0.600. The van der Waals surface area contributed by atoms with Crippen molar-refractivity contribution < 1.29 is 62.1 Å². The van der Waals surface area contributed by atoms with Crippen molar-refractivity contribution in [1.29, 1.82) is 0 Å². The Kier molecular flexibility index (Phi) is 108. The summed E-state index contributed by atoms with van der Waals surface area (Å²) in [4.78, 5) is 35.6. The molecule has 0 aromatic carbocycles. The van der Waals surface area contributed by atoms with Crippen molar-refractivity contribution in [3.8, 4) is 0 Å². The topological polar surface area (TPSA) is 281 Å². The van der Waals surface area contributed by atoms with Crippen LogP contribution in [0.1, 0.15) is 27.7 Å². The molecule has 23 heavy (non-hydrogen) atoms. The van der Waals surface area contributed by atoms with E-state index in [0.29, 0.717) is 13.1 Å². The smallest absolute Gasteiger partial charge is 0.550 e. The molecular weight excluding hydrogens is 362 g/mol. The fourth-order valence-corrected chi connectivity index (χ4v) is 0. The summed E-state index contributed by atoms with van der Waals surface area (Å²) in [5, 5.41) is 35.6. The third-order valence-electron chi connectivity index (χ3n) is 0.167. The molecule has 0 amide bonds. The summed E-state index contributed by atoms with van der Waals surface area (Å²) in [6.45, 7) is 5.08. The van der Waals surface area contributed by atoms with Crippen LogP contribution in [0.5, 0.6) is 0 Å². The summed E-state index contributed by atoms with van der Waals surface area (Å²) in [5.74, 6) is -4.33. The zero-order chi connectivity index (χ0) is 17.7. The monoisotopic (exact) mass is 388 g/mol. The maximum Gasteiger partial charge on any atom is 3.00 e. The van der Waals surface area contributed by atoms with Crippen LogP contribution in [0.2, 0.25) is 0 Å². The quantitative estimate of drug-likeness (QED) is 0.357. The minimum atomic E-state index is -1.08. The molecule has 12 nitrogen and oxygen atoms in total. The van der Waals surface area contributed by atoms with Crippen LogP contribution >= 0.6 is 0 Å². The molecule has 0 aromatic rings. The molecule has 0 saturated heterocycles. The van der Waals surface area contributed by atoms with E-state index in [0.717, 1.165) is 27.7 Å². The second-order valence-electron chi connectivity index (χ2n) is 2.54. The fourth-order valence-electron chi connectivity index (χ4n) is 0. The van der Waals surface area contributed by atoms with Crippen LogP contribution in [0.15, 0.2) is 0 Å². The van der Waals surface area contributed by atoms with Crippen molar-refractivity contribution >= 4 is 23.9 Å². The van der Waals surface area contributed by atoms with Crippen molar-refractivity contribution in [2.45, 2.75) is 27.7 Å². The number of rotatable bonds is 1. The van der Waals surface area contributed by atoms with E-state index >= 15 is 0 Å². The molecule has 0 spiro atoms. The van der Waals surface area contributed by atoms with E-state index in [1.807, 2.05) is 0 Å². The number of carbonyl (C=O) groups is 4. The summed E-state index contributed by atoms with van der Waals surface area (Å²) >= 11 is 0. The Morgan fingerprint density at radius 2 is 0.696 bits per heavy atom. The van der Waals surface area contributed by atoms with E-state index in [1.165, 1.54) is 0 Å². The number of carbonyl (C=O) groups excluding carboxylic acids is 4. The second-order valence-corrected chi connectivity index (χ2v) is 2.54. The van der Waals surface area contributed by atoms with Gasteiger partial charge in [-0.2, -0.15) is 0 Å². The number of carboxylic acids is 4. The molecule has 143 valence electrons. The van der Waals surface area contributed by atoms with Crippen molar-refractivity contribution in [2.75, 3.05) is 13.1 Å². The zero-order valence-corrected chi connectivity index (χ0v) is 14.8. The third kappa shape index (κ3) is 11600. The predicted octanol–water partition coefficient (Wildman–Crippen LogP) is -6.52. The number of aliphatic carboxylic acids is 4. The third-order valence-corrected chi connectivity index (χ3v) is 0.167. The second kappa shape index (κ2) is 50.0. The minimum Gasteiger partial charge on any atom is -0.550 e. The van der Waals surface area contributed by atoms with Crippen molar-refractivity contribution in [1.82, 2.24) is 6.15 Å². The Morgan fingerprint density at radius 1 is 0.652 bits per heavy atom. The first-order chi connectivity index (χ1) is 8.84. The minimum absolute atomic E-state index is 0. The van der Waals surface area contributed by atoms with Gasteiger partial charge in [-0.15, -0.1) is 0 Å². The van der Waals surface area contributed by atoms with Gasteiger partial charge in [0.2, 0.25) is 0 Å². The molecule has 0 aromatic heterocycles. The molecule has 0 fully saturated rings. The molecule has 0 aliphatic heterocycles. The van der Waals surface area contributed by atoms with Crippen LogP contribution in [0.25, 0.3) is 0 Å². The van der Waals surface area contributed by atoms with E-state index < -0.39 is 23.9 Å². The number of quaternary nitrogens is 1. The van der Waals surface area contributed by atoms with Crippen LogP contribution in [-0.4, -0.2) is 42.4 Å². The number of nitrogens with two attached hydrogens (primary N) is 2. The van der Waals surface area contributed by atoms with E-state index in [1.54, 1.807) is 0 Å². The standard InChI is InChI=1S/C2H8N2.4C2H4O2.Fe.H3N.H2O/c3-1-2-4;4*1-2(3)4;;;/h1-4H2;4*1H3,(H,3,4);;1H3;1H2/q;;;;;+3;;/p-3. The summed E-state index contributed by atoms with van der Waals surface area (Å²) in [7, 11) is 0. The molecule has 0 saturated carbocycles. The molecule has 0 unspecified atom stereocenters. The number of carboxylic acid groups (broad SMARTS) is 4. The van der Waals surface area contributed by atoms with Gasteiger partial charge in [-0.05, 0) is 27.7 Å². The van der Waals surface area contributed by atoms with Gasteiger partial charge in [-0.25, -0.2) is 0 Å². The number of hydrogen-bond acceptors (Lipinski definition) is 10. The van der Waals surface area contributed by atoms with E-state index in [4.69, 9.17) is 51.1 Å². The largest absolute Gasteiger partial charge is 3.00 e. The summed E-state index contributed by atoms with van der Waals surface area (Å²) in [5.41, 5.74) is 9.81. The Balaban J connectivity index is -0.0000000197. The molecule has 0 aliphatic rings. The normalized spacial score (nSPS) is 5.65. The molecule has 13 heteroatoms. The zero-order valence-electron chi connectivity index (χ0n) is 13.7. The van der Waals surface area contributed by atoms with Crippen LogP contribution in [0.4, 0.5) is 0 Å². The van der Waals surface area contributed by atoms with Gasteiger partial charge in [0.05, 0.1) is 0 Å². The van der Waals surface area contributed by atoms with Gasteiger partial charge >= 0.3 is 17.1 Å². The van der Waals surface area contributed by atoms with E-state index in [2.05, 4.69) is 0 Å². The Hall–Kier alpha value is -1.76. The molecule has 0 aliphatic carbocycles. The molecule has 0 atom stereocenters. The van der Waals surface area contributed by atoms with Gasteiger partial charge in [-0.1, -0.05) is 0 Å². The molecule has 0 heterocycles. The summed E-state index contributed by atoms with van der Waals surface area (Å²) < 4.78 is 0. The molecular formula is C10H26FeN3O9. The predicted molar refractivity (Wildman–Crippen MR) is 70.4 cm³/mol. The van der Waals surface area contributed by atoms with Gasteiger partial charge in [0.25, 0.3) is 0 Å². The van der Waals surface area contributed by atoms with Gasteiger partial charge in [0.15, 0.2) is 0 Å². The average molecular weight is 388 g/mol. The van der Waals surface area contributed by atoms with Gasteiger partial charge < -0.3 is 62.7 Å². The average Bonchev–Trinajstić information content (AvgIpc) is 2.13. The Labute approximate surface area is 145 Å². The molecule has 0 rings (SSSR count). The van der Waals surface area contributed by atoms with Crippen LogP contribution in [0, 0.1) is 0 Å². The van der Waals surface area contributed by atoms with Crippen molar-refractivity contribution in [3.05, 3.63) is 0 Å². The summed E-state index contributed by atoms with van der Waals surface area (Å²) in [6, 6.07) is 0. The van der Waals surface area contributed by atoms with Crippen LogP contribution in [0.3, 0.4) is 0 Å². The Morgan fingerprint density at radius 3 is 0.696 bits per heavy atom. The van der Waals surface area contributed by atoms with Gasteiger partial charge in [-0.3, -0.25) is 0 Å². The first-order valence-electron chi connectivity index (χ1n) is 4.95. The van der Waals surface area contributed by atoms with Gasteiger partial charge in [0, 0.05) is 37.0 Å². The van der Waals surface area contributed by atoms with Gasteiger partial charge in [0.1, 0.15) is 0 Å². The van der Waals surface area contributed by atoms with Crippen LogP contribution < -0.4 is 38.0 Å². The van der Waals surface area contributed by atoms with E-state index in [9.17, 15) is 0 Å². The summed E-state index contributed by atoms with van der Waals surface area (Å²) in [6.07, 6.45) is 0. The molecule has 0 bridgehead atoms.